The first-order chi connectivity index (χ1) is 9.65. The van der Waals surface area contributed by atoms with Gasteiger partial charge >= 0.3 is 0 Å². The maximum absolute atomic E-state index is 13.9. The molecule has 1 aromatic rings. The van der Waals surface area contributed by atoms with Crippen molar-refractivity contribution in [3.63, 3.8) is 0 Å². The van der Waals surface area contributed by atoms with Gasteiger partial charge in [-0.05, 0) is 25.3 Å². The van der Waals surface area contributed by atoms with Crippen molar-refractivity contribution in [2.75, 3.05) is 13.1 Å². The highest BCUT2D eigenvalue weighted by atomic mass is 19.1. The normalized spacial score (nSPS) is 22.9. The second kappa shape index (κ2) is 6.68. The van der Waals surface area contributed by atoms with E-state index in [2.05, 4.69) is 31.0 Å². The lowest BCUT2D eigenvalue weighted by Crippen LogP contribution is -2.63. The average Bonchev–Trinajstić information content (AvgIpc) is 2.49. The Bertz CT molecular complexity index is 429. The van der Waals surface area contributed by atoms with Gasteiger partial charge < -0.3 is 5.32 Å². The summed E-state index contributed by atoms with van der Waals surface area (Å²) in [4.78, 5) is 2.50. The summed E-state index contributed by atoms with van der Waals surface area (Å²) in [6.07, 6.45) is 3.32. The van der Waals surface area contributed by atoms with Gasteiger partial charge in [0.1, 0.15) is 5.82 Å². The van der Waals surface area contributed by atoms with E-state index in [0.717, 1.165) is 37.9 Å². The third kappa shape index (κ3) is 3.04. The summed E-state index contributed by atoms with van der Waals surface area (Å²) < 4.78 is 13.9. The van der Waals surface area contributed by atoms with E-state index >= 15 is 0 Å². The van der Waals surface area contributed by atoms with Crippen LogP contribution in [0.15, 0.2) is 24.3 Å². The van der Waals surface area contributed by atoms with Crippen LogP contribution in [0.3, 0.4) is 0 Å². The fraction of sp³-hybridized carbons (Fsp3) is 0.647. The molecule has 1 heterocycles. The lowest BCUT2D eigenvalue weighted by Gasteiger charge is -2.49. The summed E-state index contributed by atoms with van der Waals surface area (Å²) in [6, 6.07) is 7.69. The minimum absolute atomic E-state index is 0.0832. The van der Waals surface area contributed by atoms with E-state index in [4.69, 9.17) is 0 Å². The Morgan fingerprint density at radius 3 is 2.55 bits per heavy atom. The number of hydrogen-bond acceptors (Lipinski definition) is 2. The fourth-order valence-electron chi connectivity index (χ4n) is 3.26. The number of rotatable bonds is 5. The molecule has 1 aliphatic heterocycles. The zero-order chi connectivity index (χ0) is 14.6. The zero-order valence-corrected chi connectivity index (χ0v) is 13.0. The van der Waals surface area contributed by atoms with Crippen molar-refractivity contribution >= 4 is 0 Å². The minimum Gasteiger partial charge on any atom is -0.311 e. The van der Waals surface area contributed by atoms with Crippen LogP contribution in [0, 0.1) is 5.82 Å². The molecule has 0 bridgehead atoms. The van der Waals surface area contributed by atoms with Crippen molar-refractivity contribution in [2.24, 2.45) is 0 Å². The molecule has 1 N–H and O–H groups in total. The maximum atomic E-state index is 13.9. The highest BCUT2D eigenvalue weighted by Gasteiger charge is 2.38. The van der Waals surface area contributed by atoms with Crippen LogP contribution in [0.4, 0.5) is 4.39 Å². The number of benzene rings is 1. The van der Waals surface area contributed by atoms with Gasteiger partial charge in [0.2, 0.25) is 0 Å². The van der Waals surface area contributed by atoms with Gasteiger partial charge in [-0.15, -0.1) is 0 Å². The van der Waals surface area contributed by atoms with E-state index in [1.807, 2.05) is 12.1 Å². The molecule has 3 heteroatoms. The van der Waals surface area contributed by atoms with Crippen molar-refractivity contribution in [3.8, 4) is 0 Å². The van der Waals surface area contributed by atoms with Crippen LogP contribution in [0.25, 0.3) is 0 Å². The van der Waals surface area contributed by atoms with Crippen LogP contribution in [0.1, 0.15) is 45.6 Å². The molecule has 1 aromatic carbocycles. The second-order valence-electron chi connectivity index (χ2n) is 5.89. The van der Waals surface area contributed by atoms with E-state index in [1.165, 1.54) is 0 Å². The summed E-state index contributed by atoms with van der Waals surface area (Å²) in [5.74, 6) is -0.0832. The standard InChI is InChI=1S/C17H27FN2/c1-4-15-12-20(17(5-2,6-3)13-19-15)11-14-9-7-8-10-16(14)18/h7-10,15,19H,4-6,11-13H2,1-3H3. The SMILES string of the molecule is CCC1CN(Cc2ccccc2F)C(CC)(CC)CN1. The van der Waals surface area contributed by atoms with Crippen molar-refractivity contribution in [3.05, 3.63) is 35.6 Å². The molecular weight excluding hydrogens is 251 g/mol. The summed E-state index contributed by atoms with van der Waals surface area (Å²) >= 11 is 0. The molecule has 0 radical (unpaired) electrons. The van der Waals surface area contributed by atoms with Gasteiger partial charge in [0.05, 0.1) is 0 Å². The van der Waals surface area contributed by atoms with E-state index in [9.17, 15) is 4.39 Å². The average molecular weight is 278 g/mol. The molecule has 0 saturated carbocycles. The van der Waals surface area contributed by atoms with Gasteiger partial charge in [0.25, 0.3) is 0 Å². The smallest absolute Gasteiger partial charge is 0.127 e. The Kier molecular flexibility index (Phi) is 5.17. The molecule has 0 aliphatic carbocycles. The number of hydrogen-bond donors (Lipinski definition) is 1. The number of nitrogens with one attached hydrogen (secondary N) is 1. The lowest BCUT2D eigenvalue weighted by atomic mass is 9.86. The monoisotopic (exact) mass is 278 g/mol. The summed E-state index contributed by atoms with van der Waals surface area (Å²) in [5.41, 5.74) is 0.976. The molecule has 20 heavy (non-hydrogen) atoms. The predicted octanol–water partition coefficient (Wildman–Crippen LogP) is 3.57. The van der Waals surface area contributed by atoms with Crippen molar-refractivity contribution in [2.45, 2.75) is 58.2 Å². The van der Waals surface area contributed by atoms with E-state index in [1.54, 1.807) is 12.1 Å². The van der Waals surface area contributed by atoms with Gasteiger partial charge in [-0.1, -0.05) is 39.0 Å². The topological polar surface area (TPSA) is 15.3 Å². The Morgan fingerprint density at radius 2 is 1.95 bits per heavy atom. The van der Waals surface area contributed by atoms with E-state index < -0.39 is 0 Å². The molecular formula is C17H27FN2. The lowest BCUT2D eigenvalue weighted by molar-refractivity contribution is 0.0230. The molecule has 2 nitrogen and oxygen atoms in total. The Hall–Kier alpha value is -0.930. The molecule has 0 amide bonds. The van der Waals surface area contributed by atoms with Gasteiger partial charge in [-0.2, -0.15) is 0 Å². The van der Waals surface area contributed by atoms with Crippen LogP contribution in [-0.2, 0) is 6.54 Å². The van der Waals surface area contributed by atoms with Crippen LogP contribution in [-0.4, -0.2) is 29.6 Å². The van der Waals surface area contributed by atoms with Crippen LogP contribution in [0.2, 0.25) is 0 Å². The molecule has 112 valence electrons. The number of piperazine rings is 1. The minimum atomic E-state index is -0.0832. The zero-order valence-electron chi connectivity index (χ0n) is 13.0. The predicted molar refractivity (Wildman–Crippen MR) is 82.2 cm³/mol. The first kappa shape index (κ1) is 15.5. The first-order valence-corrected chi connectivity index (χ1v) is 7.87. The highest BCUT2D eigenvalue weighted by Crippen LogP contribution is 2.29. The molecule has 0 spiro atoms. The van der Waals surface area contributed by atoms with Gasteiger partial charge in [0.15, 0.2) is 0 Å². The molecule has 0 aromatic heterocycles. The third-order valence-corrected chi connectivity index (χ3v) is 4.96. The van der Waals surface area contributed by atoms with E-state index in [0.29, 0.717) is 12.6 Å². The maximum Gasteiger partial charge on any atom is 0.127 e. The van der Waals surface area contributed by atoms with Crippen molar-refractivity contribution in [1.82, 2.24) is 10.2 Å². The second-order valence-corrected chi connectivity index (χ2v) is 5.89. The van der Waals surface area contributed by atoms with Crippen LogP contribution >= 0.6 is 0 Å². The third-order valence-electron chi connectivity index (χ3n) is 4.96. The summed E-state index contributed by atoms with van der Waals surface area (Å²) in [7, 11) is 0. The molecule has 1 atom stereocenters. The van der Waals surface area contributed by atoms with Crippen molar-refractivity contribution in [1.29, 1.82) is 0 Å². The van der Waals surface area contributed by atoms with Crippen LogP contribution < -0.4 is 5.32 Å². The fourth-order valence-corrected chi connectivity index (χ4v) is 3.26. The van der Waals surface area contributed by atoms with Crippen molar-refractivity contribution < 1.29 is 4.39 Å². The van der Waals surface area contributed by atoms with Gasteiger partial charge in [-0.3, -0.25) is 4.90 Å². The Balaban J connectivity index is 2.21. The largest absolute Gasteiger partial charge is 0.311 e. The van der Waals surface area contributed by atoms with Gasteiger partial charge in [-0.25, -0.2) is 4.39 Å². The molecule has 1 aliphatic rings. The molecule has 1 fully saturated rings. The number of halogens is 1. The first-order valence-electron chi connectivity index (χ1n) is 7.87. The van der Waals surface area contributed by atoms with Gasteiger partial charge in [0, 0.05) is 36.8 Å². The Morgan fingerprint density at radius 1 is 1.25 bits per heavy atom. The molecule has 2 rings (SSSR count). The summed E-state index contributed by atoms with van der Waals surface area (Å²) in [5, 5.41) is 3.66. The number of nitrogens with zero attached hydrogens (tertiary/aromatic N) is 1. The molecule has 1 unspecified atom stereocenters. The van der Waals surface area contributed by atoms with Crippen LogP contribution in [0.5, 0.6) is 0 Å². The molecule has 1 saturated heterocycles. The highest BCUT2D eigenvalue weighted by molar-refractivity contribution is 5.18. The summed E-state index contributed by atoms with van der Waals surface area (Å²) in [6.45, 7) is 9.42. The Labute approximate surface area is 122 Å². The van der Waals surface area contributed by atoms with E-state index in [-0.39, 0.29) is 11.4 Å². The quantitative estimate of drug-likeness (QED) is 0.886.